The van der Waals surface area contributed by atoms with Crippen LogP contribution in [0.5, 0.6) is 5.75 Å². The highest BCUT2D eigenvalue weighted by atomic mass is 16.3. The van der Waals surface area contributed by atoms with Crippen LogP contribution in [0.15, 0.2) is 72.9 Å². The molecule has 0 aliphatic carbocycles. The van der Waals surface area contributed by atoms with Crippen LogP contribution in [0, 0.1) is 0 Å². The molecule has 7 nitrogen and oxygen atoms in total. The maximum Gasteiger partial charge on any atom is 0.227 e. The Balaban J connectivity index is 1.27. The molecule has 2 heterocycles. The van der Waals surface area contributed by atoms with Crippen molar-refractivity contribution in [3.8, 4) is 5.75 Å². The highest BCUT2D eigenvalue weighted by molar-refractivity contribution is 5.79. The van der Waals surface area contributed by atoms with Gasteiger partial charge in [-0.1, -0.05) is 42.5 Å². The Kier molecular flexibility index (Phi) is 8.23. The second-order valence-corrected chi connectivity index (χ2v) is 10.1. The third-order valence-electron chi connectivity index (χ3n) is 6.65. The fraction of sp³-hybridized carbons (Fsp3) is 0.379. The smallest absolute Gasteiger partial charge is 0.227 e. The van der Waals surface area contributed by atoms with E-state index in [0.29, 0.717) is 26.1 Å². The van der Waals surface area contributed by atoms with Gasteiger partial charge in [-0.3, -0.25) is 4.79 Å². The molecular weight excluding hydrogens is 452 g/mol. The summed E-state index contributed by atoms with van der Waals surface area (Å²) in [7, 11) is 0. The number of amides is 1. The molecule has 3 N–H and O–H groups in total. The van der Waals surface area contributed by atoms with E-state index in [-0.39, 0.29) is 17.2 Å². The molecule has 3 aromatic rings. The van der Waals surface area contributed by atoms with Gasteiger partial charge in [0.1, 0.15) is 11.6 Å². The summed E-state index contributed by atoms with van der Waals surface area (Å²) in [6, 6.07) is 20.7. The van der Waals surface area contributed by atoms with E-state index in [9.17, 15) is 15.0 Å². The average Bonchev–Trinajstić information content (AvgIpc) is 2.88. The third-order valence-corrected chi connectivity index (χ3v) is 6.65. The van der Waals surface area contributed by atoms with Crippen LogP contribution in [0.4, 0.5) is 5.82 Å². The Bertz CT molecular complexity index is 1130. The summed E-state index contributed by atoms with van der Waals surface area (Å²) in [5.41, 5.74) is 2.68. The van der Waals surface area contributed by atoms with Crippen molar-refractivity contribution < 1.29 is 15.0 Å². The number of aromatic nitrogens is 1. The zero-order valence-corrected chi connectivity index (χ0v) is 21.1. The molecule has 1 atom stereocenters. The zero-order chi connectivity index (χ0) is 25.5. The molecule has 1 fully saturated rings. The number of β-amino-alcohol motifs (C(OH)–C–C–N with tert-alkyl or cyclic N) is 1. The number of aromatic hydroxyl groups is 1. The van der Waals surface area contributed by atoms with E-state index in [1.165, 1.54) is 0 Å². The van der Waals surface area contributed by atoms with Crippen LogP contribution in [-0.2, 0) is 17.6 Å². The minimum absolute atomic E-state index is 0.155. The van der Waals surface area contributed by atoms with Crippen LogP contribution in [0.1, 0.15) is 36.6 Å². The quantitative estimate of drug-likeness (QED) is 0.428. The maximum atomic E-state index is 13.0. The van der Waals surface area contributed by atoms with Crippen LogP contribution in [-0.4, -0.2) is 64.3 Å². The predicted molar refractivity (Wildman–Crippen MR) is 142 cm³/mol. The van der Waals surface area contributed by atoms with E-state index in [1.807, 2.05) is 35.2 Å². The van der Waals surface area contributed by atoms with E-state index in [4.69, 9.17) is 0 Å². The average molecular weight is 489 g/mol. The molecule has 0 bridgehead atoms. The number of hydrogen-bond acceptors (Lipinski definition) is 6. The Hall–Kier alpha value is -3.42. The summed E-state index contributed by atoms with van der Waals surface area (Å²) in [6.45, 7) is 7.60. The number of aliphatic hydroxyl groups excluding tert-OH is 1. The van der Waals surface area contributed by atoms with Gasteiger partial charge < -0.3 is 25.3 Å². The molecule has 1 amide bonds. The number of nitrogens with zero attached hydrogens (tertiary/aromatic N) is 3. The van der Waals surface area contributed by atoms with Crippen LogP contribution >= 0.6 is 0 Å². The van der Waals surface area contributed by atoms with Crippen molar-refractivity contribution in [3.63, 3.8) is 0 Å². The standard InChI is InChI=1S/C29H36N4O3/c1-29(2,31-21-26(35)24-9-11-25(34)12-10-24)20-23-7-5-6-22(18-23)19-28(36)33-16-14-32(15-17-33)27-8-3-4-13-30-27/h3-13,18,26,31,34-35H,14-17,19-21H2,1-2H3. The minimum Gasteiger partial charge on any atom is -0.508 e. The van der Waals surface area contributed by atoms with Crippen molar-refractivity contribution in [1.29, 1.82) is 0 Å². The van der Waals surface area contributed by atoms with Gasteiger partial charge in [-0.25, -0.2) is 4.98 Å². The summed E-state index contributed by atoms with van der Waals surface area (Å²) in [5, 5.41) is 23.4. The third kappa shape index (κ3) is 7.06. The second kappa shape index (κ2) is 11.5. The van der Waals surface area contributed by atoms with Crippen molar-refractivity contribution >= 4 is 11.7 Å². The number of aliphatic hydroxyl groups is 1. The second-order valence-electron chi connectivity index (χ2n) is 10.1. The summed E-state index contributed by atoms with van der Waals surface area (Å²) in [4.78, 5) is 21.6. The molecule has 2 aromatic carbocycles. The Morgan fingerprint density at radius 1 is 1.00 bits per heavy atom. The highest BCUT2D eigenvalue weighted by Gasteiger charge is 2.23. The first-order valence-corrected chi connectivity index (χ1v) is 12.5. The lowest BCUT2D eigenvalue weighted by molar-refractivity contribution is -0.130. The van der Waals surface area contributed by atoms with Crippen LogP contribution in [0.25, 0.3) is 0 Å². The first-order chi connectivity index (χ1) is 17.3. The molecule has 36 heavy (non-hydrogen) atoms. The van der Waals surface area contributed by atoms with Crippen LogP contribution in [0.2, 0.25) is 0 Å². The maximum absolute atomic E-state index is 13.0. The molecular formula is C29H36N4O3. The van der Waals surface area contributed by atoms with Crippen molar-refractivity contribution in [1.82, 2.24) is 15.2 Å². The fourth-order valence-electron chi connectivity index (χ4n) is 4.62. The number of piperazine rings is 1. The van der Waals surface area contributed by atoms with Crippen molar-refractivity contribution in [2.24, 2.45) is 0 Å². The molecule has 0 radical (unpaired) electrons. The SMILES string of the molecule is CC(C)(Cc1cccc(CC(=O)N2CCN(c3ccccn3)CC2)c1)NCC(O)c1ccc(O)cc1. The number of anilines is 1. The molecule has 7 heteroatoms. The number of nitrogens with one attached hydrogen (secondary N) is 1. The Morgan fingerprint density at radius 2 is 1.72 bits per heavy atom. The van der Waals surface area contributed by atoms with Gasteiger partial charge in [0.05, 0.1) is 12.5 Å². The molecule has 4 rings (SSSR count). The monoisotopic (exact) mass is 488 g/mol. The minimum atomic E-state index is -0.660. The number of carbonyl (C=O) groups is 1. The number of phenolic OH excluding ortho intramolecular Hbond substituents is 1. The van der Waals surface area contributed by atoms with Crippen molar-refractivity contribution in [3.05, 3.63) is 89.6 Å². The number of benzene rings is 2. The van der Waals surface area contributed by atoms with E-state index in [2.05, 4.69) is 41.2 Å². The van der Waals surface area contributed by atoms with E-state index < -0.39 is 6.10 Å². The summed E-state index contributed by atoms with van der Waals surface area (Å²) in [6.07, 6.45) is 2.30. The summed E-state index contributed by atoms with van der Waals surface area (Å²) < 4.78 is 0. The number of phenols is 1. The number of pyridine rings is 1. The lowest BCUT2D eigenvalue weighted by atomic mass is 9.93. The van der Waals surface area contributed by atoms with Gasteiger partial charge in [-0.05, 0) is 61.2 Å². The molecule has 190 valence electrons. The van der Waals surface area contributed by atoms with Gasteiger partial charge in [0.15, 0.2) is 0 Å². The fourth-order valence-corrected chi connectivity index (χ4v) is 4.62. The number of hydrogen-bond donors (Lipinski definition) is 3. The van der Waals surface area contributed by atoms with E-state index >= 15 is 0 Å². The Morgan fingerprint density at radius 3 is 2.42 bits per heavy atom. The number of rotatable bonds is 9. The lowest BCUT2D eigenvalue weighted by Crippen LogP contribution is -2.49. The summed E-state index contributed by atoms with van der Waals surface area (Å²) >= 11 is 0. The topological polar surface area (TPSA) is 88.9 Å². The van der Waals surface area contributed by atoms with Crippen molar-refractivity contribution in [2.45, 2.75) is 38.3 Å². The van der Waals surface area contributed by atoms with Gasteiger partial charge in [0.25, 0.3) is 0 Å². The highest BCUT2D eigenvalue weighted by Crippen LogP contribution is 2.20. The van der Waals surface area contributed by atoms with Crippen molar-refractivity contribution in [2.75, 3.05) is 37.6 Å². The molecule has 1 aromatic heterocycles. The van der Waals surface area contributed by atoms with Gasteiger partial charge in [-0.2, -0.15) is 0 Å². The molecule has 1 saturated heterocycles. The summed E-state index contributed by atoms with van der Waals surface area (Å²) in [5.74, 6) is 1.30. The first kappa shape index (κ1) is 25.7. The molecule has 1 aliphatic rings. The van der Waals surface area contributed by atoms with E-state index in [0.717, 1.165) is 42.0 Å². The molecule has 1 unspecified atom stereocenters. The Labute approximate surface area is 213 Å². The van der Waals surface area contributed by atoms with Gasteiger partial charge >= 0.3 is 0 Å². The molecule has 0 spiro atoms. The predicted octanol–water partition coefficient (Wildman–Crippen LogP) is 3.32. The normalized spacial score (nSPS) is 15.1. The van der Waals surface area contributed by atoms with Gasteiger partial charge in [-0.15, -0.1) is 0 Å². The largest absolute Gasteiger partial charge is 0.508 e. The molecule has 0 saturated carbocycles. The molecule has 1 aliphatic heterocycles. The van der Waals surface area contributed by atoms with Crippen LogP contribution < -0.4 is 10.2 Å². The number of carbonyl (C=O) groups excluding carboxylic acids is 1. The zero-order valence-electron chi connectivity index (χ0n) is 21.1. The lowest BCUT2D eigenvalue weighted by Gasteiger charge is -2.35. The van der Waals surface area contributed by atoms with E-state index in [1.54, 1.807) is 30.5 Å². The van der Waals surface area contributed by atoms with Crippen LogP contribution in [0.3, 0.4) is 0 Å². The van der Waals surface area contributed by atoms with Gasteiger partial charge in [0, 0.05) is 44.5 Å². The van der Waals surface area contributed by atoms with Gasteiger partial charge in [0.2, 0.25) is 5.91 Å². The first-order valence-electron chi connectivity index (χ1n) is 12.5.